The standard InChI is InChI=1S/C13H13N3O4S/c1-3-5-16-7-8(10(17)15-13(16)19)11-14-6-9(21-11)12(18)20-4-2/h3,6-7H,1,4-5H2,2H3,(H,15,17,19). The highest BCUT2D eigenvalue weighted by Crippen LogP contribution is 2.22. The summed E-state index contributed by atoms with van der Waals surface area (Å²) < 4.78 is 6.17. The molecule has 0 aliphatic rings. The van der Waals surface area contributed by atoms with Crippen LogP contribution < -0.4 is 11.2 Å². The van der Waals surface area contributed by atoms with Gasteiger partial charge < -0.3 is 4.74 Å². The van der Waals surface area contributed by atoms with Gasteiger partial charge in [0.05, 0.1) is 18.4 Å². The van der Waals surface area contributed by atoms with Crippen molar-refractivity contribution in [1.29, 1.82) is 0 Å². The van der Waals surface area contributed by atoms with Gasteiger partial charge >= 0.3 is 11.7 Å². The van der Waals surface area contributed by atoms with Crippen molar-refractivity contribution in [2.75, 3.05) is 6.61 Å². The Kier molecular flexibility index (Phi) is 4.49. The minimum absolute atomic E-state index is 0.219. The summed E-state index contributed by atoms with van der Waals surface area (Å²) in [7, 11) is 0. The average molecular weight is 307 g/mol. The van der Waals surface area contributed by atoms with Crippen molar-refractivity contribution in [3.05, 3.63) is 50.8 Å². The van der Waals surface area contributed by atoms with E-state index < -0.39 is 17.2 Å². The van der Waals surface area contributed by atoms with Crippen molar-refractivity contribution >= 4 is 17.3 Å². The first-order chi connectivity index (χ1) is 10.1. The fourth-order valence-corrected chi connectivity index (χ4v) is 2.45. The third-order valence-electron chi connectivity index (χ3n) is 2.55. The zero-order valence-electron chi connectivity index (χ0n) is 11.3. The Morgan fingerprint density at radius 1 is 1.57 bits per heavy atom. The van der Waals surface area contributed by atoms with E-state index in [0.29, 0.717) is 9.88 Å². The molecule has 2 rings (SSSR count). The number of hydrogen-bond acceptors (Lipinski definition) is 6. The van der Waals surface area contributed by atoms with E-state index in [0.717, 1.165) is 11.3 Å². The van der Waals surface area contributed by atoms with Crippen LogP contribution in [0.4, 0.5) is 0 Å². The van der Waals surface area contributed by atoms with Crippen molar-refractivity contribution in [3.8, 4) is 10.6 Å². The number of ether oxygens (including phenoxy) is 1. The van der Waals surface area contributed by atoms with Crippen LogP contribution in [0.5, 0.6) is 0 Å². The van der Waals surface area contributed by atoms with Gasteiger partial charge in [0.15, 0.2) is 0 Å². The maximum Gasteiger partial charge on any atom is 0.349 e. The molecule has 0 spiro atoms. The van der Waals surface area contributed by atoms with Gasteiger partial charge in [-0.3, -0.25) is 14.3 Å². The number of H-pyrrole nitrogens is 1. The topological polar surface area (TPSA) is 94.1 Å². The van der Waals surface area contributed by atoms with Crippen LogP contribution in [0.3, 0.4) is 0 Å². The lowest BCUT2D eigenvalue weighted by Gasteiger charge is -2.02. The summed E-state index contributed by atoms with van der Waals surface area (Å²) >= 11 is 1.03. The first kappa shape index (κ1) is 14.9. The van der Waals surface area contributed by atoms with Crippen molar-refractivity contribution in [2.45, 2.75) is 13.5 Å². The first-order valence-electron chi connectivity index (χ1n) is 6.14. The molecular weight excluding hydrogens is 294 g/mol. The molecule has 0 aliphatic carbocycles. The number of aromatic amines is 1. The number of allylic oxidation sites excluding steroid dienone is 1. The molecule has 1 N–H and O–H groups in total. The molecule has 0 fully saturated rings. The largest absolute Gasteiger partial charge is 0.462 e. The number of aromatic nitrogens is 3. The van der Waals surface area contributed by atoms with E-state index in [9.17, 15) is 14.4 Å². The number of esters is 1. The first-order valence-corrected chi connectivity index (χ1v) is 6.96. The molecule has 2 aromatic heterocycles. The fraction of sp³-hybridized carbons (Fsp3) is 0.231. The second-order valence-corrected chi connectivity index (χ2v) is 5.02. The maximum absolute atomic E-state index is 11.9. The fourth-order valence-electron chi connectivity index (χ4n) is 1.63. The highest BCUT2D eigenvalue weighted by Gasteiger charge is 2.15. The minimum atomic E-state index is -0.551. The molecular formula is C13H13N3O4S. The second kappa shape index (κ2) is 6.31. The molecule has 0 amide bonds. The van der Waals surface area contributed by atoms with Crippen molar-refractivity contribution in [3.63, 3.8) is 0 Å². The molecule has 0 atom stereocenters. The lowest BCUT2D eigenvalue weighted by atomic mass is 10.3. The Labute approximate surface area is 123 Å². The Bertz CT molecular complexity index is 787. The van der Waals surface area contributed by atoms with Crippen LogP contribution in [0.25, 0.3) is 10.6 Å². The average Bonchev–Trinajstić information content (AvgIpc) is 2.92. The van der Waals surface area contributed by atoms with E-state index in [1.165, 1.54) is 23.0 Å². The molecule has 2 heterocycles. The van der Waals surface area contributed by atoms with Gasteiger partial charge in [0.1, 0.15) is 9.88 Å². The maximum atomic E-state index is 11.9. The summed E-state index contributed by atoms with van der Waals surface area (Å²) in [6, 6.07) is 0. The molecule has 8 heteroatoms. The lowest BCUT2D eigenvalue weighted by molar-refractivity contribution is 0.0532. The predicted octanol–water partition coefficient (Wildman–Crippen LogP) is 1.02. The monoisotopic (exact) mass is 307 g/mol. The highest BCUT2D eigenvalue weighted by atomic mass is 32.1. The van der Waals surface area contributed by atoms with Gasteiger partial charge in [0.2, 0.25) is 0 Å². The molecule has 0 bridgehead atoms. The van der Waals surface area contributed by atoms with Gasteiger partial charge in [-0.25, -0.2) is 14.6 Å². The van der Waals surface area contributed by atoms with Gasteiger partial charge in [-0.05, 0) is 6.92 Å². The van der Waals surface area contributed by atoms with Crippen LogP contribution in [-0.4, -0.2) is 27.1 Å². The number of thiazole rings is 1. The molecule has 0 saturated heterocycles. The second-order valence-electron chi connectivity index (χ2n) is 3.99. The third-order valence-corrected chi connectivity index (χ3v) is 3.56. The summed E-state index contributed by atoms with van der Waals surface area (Å²) in [6.45, 7) is 5.77. The van der Waals surface area contributed by atoms with Crippen LogP contribution in [-0.2, 0) is 11.3 Å². The molecule has 0 aromatic carbocycles. The SMILES string of the molecule is C=CCn1cc(-c2ncc(C(=O)OCC)s2)c(=O)[nH]c1=O. The van der Waals surface area contributed by atoms with Crippen LogP contribution in [0, 0.1) is 0 Å². The number of carbonyl (C=O) groups excluding carboxylic acids is 1. The number of nitrogens with zero attached hydrogens (tertiary/aromatic N) is 2. The van der Waals surface area contributed by atoms with Crippen molar-refractivity contribution < 1.29 is 9.53 Å². The quantitative estimate of drug-likeness (QED) is 0.657. The van der Waals surface area contributed by atoms with Gasteiger partial charge in [0, 0.05) is 12.7 Å². The molecule has 110 valence electrons. The molecule has 7 nitrogen and oxygen atoms in total. The predicted molar refractivity (Wildman–Crippen MR) is 78.6 cm³/mol. The molecule has 0 unspecified atom stereocenters. The zero-order valence-corrected chi connectivity index (χ0v) is 12.1. The smallest absolute Gasteiger partial charge is 0.349 e. The summed E-state index contributed by atoms with van der Waals surface area (Å²) in [6.07, 6.45) is 4.28. The number of nitrogens with one attached hydrogen (secondary N) is 1. The van der Waals surface area contributed by atoms with Crippen molar-refractivity contribution in [2.24, 2.45) is 0 Å². The van der Waals surface area contributed by atoms with E-state index in [-0.39, 0.29) is 18.7 Å². The van der Waals surface area contributed by atoms with E-state index >= 15 is 0 Å². The number of carbonyl (C=O) groups is 1. The normalized spacial score (nSPS) is 10.3. The molecule has 21 heavy (non-hydrogen) atoms. The van der Waals surface area contributed by atoms with Crippen molar-refractivity contribution in [1.82, 2.24) is 14.5 Å². The Morgan fingerprint density at radius 2 is 2.33 bits per heavy atom. The van der Waals surface area contributed by atoms with E-state index in [1.807, 2.05) is 0 Å². The molecule has 0 aliphatic heterocycles. The number of rotatable bonds is 5. The molecule has 0 saturated carbocycles. The number of hydrogen-bond donors (Lipinski definition) is 1. The zero-order chi connectivity index (χ0) is 15.4. The van der Waals surface area contributed by atoms with Crippen LogP contribution in [0.2, 0.25) is 0 Å². The van der Waals surface area contributed by atoms with Crippen LogP contribution >= 0.6 is 11.3 Å². The Hall–Kier alpha value is -2.48. The summed E-state index contributed by atoms with van der Waals surface area (Å²) in [5, 5.41) is 0.345. The third kappa shape index (κ3) is 3.16. The minimum Gasteiger partial charge on any atom is -0.462 e. The Balaban J connectivity index is 2.45. The van der Waals surface area contributed by atoms with Gasteiger partial charge in [-0.1, -0.05) is 6.08 Å². The van der Waals surface area contributed by atoms with E-state index in [2.05, 4.69) is 16.5 Å². The lowest BCUT2D eigenvalue weighted by Crippen LogP contribution is -2.30. The van der Waals surface area contributed by atoms with Gasteiger partial charge in [-0.15, -0.1) is 17.9 Å². The summed E-state index contributed by atoms with van der Waals surface area (Å²) in [5.74, 6) is -0.489. The summed E-state index contributed by atoms with van der Waals surface area (Å²) in [4.78, 5) is 41.6. The highest BCUT2D eigenvalue weighted by molar-refractivity contribution is 7.16. The van der Waals surface area contributed by atoms with E-state index in [1.54, 1.807) is 6.92 Å². The summed E-state index contributed by atoms with van der Waals surface area (Å²) in [5.41, 5.74) is -0.854. The molecule has 2 aromatic rings. The van der Waals surface area contributed by atoms with E-state index in [4.69, 9.17) is 4.74 Å². The van der Waals surface area contributed by atoms with Crippen LogP contribution in [0.15, 0.2) is 34.6 Å². The Morgan fingerprint density at radius 3 is 3.00 bits per heavy atom. The molecule has 0 radical (unpaired) electrons. The van der Waals surface area contributed by atoms with Gasteiger partial charge in [-0.2, -0.15) is 0 Å². The van der Waals surface area contributed by atoms with Crippen LogP contribution in [0.1, 0.15) is 16.6 Å². The van der Waals surface area contributed by atoms with Gasteiger partial charge in [0.25, 0.3) is 5.56 Å².